The first-order valence-electron chi connectivity index (χ1n) is 11.5. The molecule has 2 amide bonds. The Labute approximate surface area is 213 Å². The van der Waals surface area contributed by atoms with Crippen molar-refractivity contribution in [2.45, 2.75) is 58.2 Å². The SMILES string of the molecule is CCCCN1C(=O)C2(/C(=C(\O)c3ccc(Br)cc3)C(=O)C(=O)N2CC(C)O)N(CCCC)C1=S. The van der Waals surface area contributed by atoms with Crippen LogP contribution >= 0.6 is 28.1 Å². The molecule has 0 radical (unpaired) electrons. The van der Waals surface area contributed by atoms with Crippen LogP contribution in [0.5, 0.6) is 0 Å². The van der Waals surface area contributed by atoms with Gasteiger partial charge in [-0.2, -0.15) is 0 Å². The van der Waals surface area contributed by atoms with Crippen molar-refractivity contribution in [1.29, 1.82) is 0 Å². The molecule has 34 heavy (non-hydrogen) atoms. The van der Waals surface area contributed by atoms with Gasteiger partial charge in [0, 0.05) is 29.7 Å². The van der Waals surface area contributed by atoms with E-state index in [9.17, 15) is 24.6 Å². The molecule has 2 heterocycles. The number of carbonyl (C=O) groups excluding carboxylic acids is 3. The highest BCUT2D eigenvalue weighted by atomic mass is 79.9. The number of ketones is 1. The monoisotopic (exact) mass is 551 g/mol. The van der Waals surface area contributed by atoms with Gasteiger partial charge in [-0.05, 0) is 44.1 Å². The number of hydrogen-bond acceptors (Lipinski definition) is 6. The third-order valence-electron chi connectivity index (χ3n) is 6.07. The third kappa shape index (κ3) is 4.27. The minimum Gasteiger partial charge on any atom is -0.507 e. The molecule has 1 aromatic rings. The van der Waals surface area contributed by atoms with Crippen molar-refractivity contribution in [3.8, 4) is 0 Å². The number of β-amino-alcohol motifs (C(OH)–C–C–N with tert-alkyl or cyclic N) is 1. The maximum atomic E-state index is 14.1. The van der Waals surface area contributed by atoms with Gasteiger partial charge in [0.25, 0.3) is 17.6 Å². The number of halogens is 1. The third-order valence-corrected chi connectivity index (χ3v) is 7.04. The van der Waals surface area contributed by atoms with Gasteiger partial charge in [0.1, 0.15) is 11.3 Å². The molecule has 2 atom stereocenters. The first-order valence-corrected chi connectivity index (χ1v) is 12.7. The van der Waals surface area contributed by atoms with Crippen LogP contribution in [0.25, 0.3) is 5.76 Å². The molecule has 2 aliphatic rings. The van der Waals surface area contributed by atoms with E-state index in [-0.39, 0.29) is 17.2 Å². The molecule has 8 nitrogen and oxygen atoms in total. The van der Waals surface area contributed by atoms with Gasteiger partial charge >= 0.3 is 0 Å². The van der Waals surface area contributed by atoms with Gasteiger partial charge in [0.2, 0.25) is 5.66 Å². The zero-order chi connectivity index (χ0) is 25.2. The molecule has 3 rings (SSSR count). The number of rotatable bonds is 9. The molecule has 0 aliphatic carbocycles. The quantitative estimate of drug-likeness (QED) is 0.210. The van der Waals surface area contributed by atoms with E-state index in [1.165, 1.54) is 11.8 Å². The second-order valence-electron chi connectivity index (χ2n) is 8.59. The molecule has 2 saturated heterocycles. The smallest absolute Gasteiger partial charge is 0.297 e. The Kier molecular flexibility index (Phi) is 8.15. The Hall–Kier alpha value is -2.30. The van der Waals surface area contributed by atoms with E-state index in [1.807, 2.05) is 13.8 Å². The van der Waals surface area contributed by atoms with Crippen LogP contribution in [0.2, 0.25) is 0 Å². The fourth-order valence-electron chi connectivity index (χ4n) is 4.44. The topological polar surface area (TPSA) is 101 Å². The number of unbranched alkanes of at least 4 members (excludes halogenated alkanes) is 2. The van der Waals surface area contributed by atoms with Gasteiger partial charge < -0.3 is 15.1 Å². The highest BCUT2D eigenvalue weighted by Gasteiger charge is 2.70. The van der Waals surface area contributed by atoms with Crippen LogP contribution in [0.4, 0.5) is 0 Å². The molecule has 0 saturated carbocycles. The lowest BCUT2D eigenvalue weighted by molar-refractivity contribution is -0.150. The number of amides is 2. The van der Waals surface area contributed by atoms with Crippen LogP contribution in [0, 0.1) is 0 Å². The number of nitrogens with zero attached hydrogens (tertiary/aromatic N) is 3. The van der Waals surface area contributed by atoms with E-state index < -0.39 is 35.1 Å². The number of benzene rings is 1. The largest absolute Gasteiger partial charge is 0.507 e. The van der Waals surface area contributed by atoms with Gasteiger partial charge in [0.15, 0.2) is 5.11 Å². The first kappa shape index (κ1) is 26.3. The summed E-state index contributed by atoms with van der Waals surface area (Å²) in [5.41, 5.74) is -1.97. The summed E-state index contributed by atoms with van der Waals surface area (Å²) in [6.45, 7) is 5.82. The molecular weight excluding hydrogens is 522 g/mol. The van der Waals surface area contributed by atoms with E-state index in [2.05, 4.69) is 15.9 Å². The number of aliphatic hydroxyl groups is 2. The molecule has 1 spiro atoms. The van der Waals surface area contributed by atoms with Gasteiger partial charge in [-0.25, -0.2) is 0 Å². The molecule has 0 bridgehead atoms. The summed E-state index contributed by atoms with van der Waals surface area (Å²) in [6.07, 6.45) is 1.92. The van der Waals surface area contributed by atoms with Crippen molar-refractivity contribution < 1.29 is 24.6 Å². The second kappa shape index (κ2) is 10.5. The molecule has 1 aromatic carbocycles. The minimum absolute atomic E-state index is 0.214. The summed E-state index contributed by atoms with van der Waals surface area (Å²) in [7, 11) is 0. The summed E-state index contributed by atoms with van der Waals surface area (Å²) in [5.74, 6) is -2.93. The number of thiocarbonyl (C=S) groups is 1. The molecule has 184 valence electrons. The summed E-state index contributed by atoms with van der Waals surface area (Å²) in [4.78, 5) is 44.9. The van der Waals surface area contributed by atoms with Gasteiger partial charge in [-0.15, -0.1) is 0 Å². The Morgan fingerprint density at radius 3 is 2.21 bits per heavy atom. The van der Waals surface area contributed by atoms with Crippen LogP contribution in [-0.2, 0) is 14.4 Å². The number of likely N-dealkylation sites (tertiary alicyclic amines) is 1. The van der Waals surface area contributed by atoms with Crippen molar-refractivity contribution in [3.63, 3.8) is 0 Å². The average molecular weight is 552 g/mol. The van der Waals surface area contributed by atoms with E-state index in [0.717, 1.165) is 22.2 Å². The summed E-state index contributed by atoms with van der Waals surface area (Å²) >= 11 is 9.04. The number of aliphatic hydroxyl groups excluding tert-OH is 2. The Morgan fingerprint density at radius 1 is 1.06 bits per heavy atom. The highest BCUT2D eigenvalue weighted by Crippen LogP contribution is 2.46. The van der Waals surface area contributed by atoms with Crippen LogP contribution in [0.1, 0.15) is 52.0 Å². The lowest BCUT2D eigenvalue weighted by Gasteiger charge is -2.40. The fraction of sp³-hybridized carbons (Fsp3) is 0.500. The second-order valence-corrected chi connectivity index (χ2v) is 9.88. The average Bonchev–Trinajstić information content (AvgIpc) is 3.13. The summed E-state index contributed by atoms with van der Waals surface area (Å²) in [5, 5.41) is 21.8. The maximum absolute atomic E-state index is 14.1. The molecular formula is C24H30BrN3O5S. The van der Waals surface area contributed by atoms with Crippen molar-refractivity contribution >= 4 is 56.6 Å². The van der Waals surface area contributed by atoms with Crippen molar-refractivity contribution in [3.05, 3.63) is 39.9 Å². The van der Waals surface area contributed by atoms with Gasteiger partial charge in [0.05, 0.1) is 6.10 Å². The Morgan fingerprint density at radius 2 is 1.65 bits per heavy atom. The minimum atomic E-state index is -1.94. The molecule has 2 aliphatic heterocycles. The molecule has 2 fully saturated rings. The van der Waals surface area contributed by atoms with E-state index >= 15 is 0 Å². The molecule has 10 heteroatoms. The van der Waals surface area contributed by atoms with E-state index in [0.29, 0.717) is 31.5 Å². The van der Waals surface area contributed by atoms with E-state index in [1.54, 1.807) is 29.2 Å². The van der Waals surface area contributed by atoms with Gasteiger partial charge in [-0.1, -0.05) is 54.8 Å². The normalized spacial score (nSPS) is 23.0. The van der Waals surface area contributed by atoms with E-state index in [4.69, 9.17) is 12.2 Å². The van der Waals surface area contributed by atoms with Gasteiger partial charge in [-0.3, -0.25) is 24.2 Å². The zero-order valence-electron chi connectivity index (χ0n) is 19.6. The Balaban J connectivity index is 2.33. The van der Waals surface area contributed by atoms with Crippen LogP contribution in [0.3, 0.4) is 0 Å². The summed E-state index contributed by atoms with van der Waals surface area (Å²) in [6, 6.07) is 6.57. The predicted molar refractivity (Wildman–Crippen MR) is 136 cm³/mol. The van der Waals surface area contributed by atoms with Crippen molar-refractivity contribution in [1.82, 2.24) is 14.7 Å². The van der Waals surface area contributed by atoms with Crippen molar-refractivity contribution in [2.75, 3.05) is 19.6 Å². The standard InChI is InChI=1S/C24H30BrN3O5S/c1-4-6-12-26-22(33)24(27(23(26)34)13-7-5-2)18(19(30)16-8-10-17(25)11-9-16)20(31)21(32)28(24)14-15(3)29/h8-11,15,29-30H,4-7,12-14H2,1-3H3/b19-18-. The van der Waals surface area contributed by atoms with Crippen LogP contribution < -0.4 is 0 Å². The molecule has 2 unspecified atom stereocenters. The van der Waals surface area contributed by atoms with Crippen LogP contribution in [-0.4, -0.2) is 79.0 Å². The highest BCUT2D eigenvalue weighted by molar-refractivity contribution is 9.10. The number of hydrogen-bond donors (Lipinski definition) is 2. The number of Topliss-reactive ketones (excluding diaryl/α,β-unsaturated/α-hetero) is 1. The zero-order valence-corrected chi connectivity index (χ0v) is 22.0. The predicted octanol–water partition coefficient (Wildman–Crippen LogP) is 3.24. The fourth-order valence-corrected chi connectivity index (χ4v) is 5.10. The molecule has 2 N–H and O–H groups in total. The lowest BCUT2D eigenvalue weighted by Crippen LogP contribution is -2.62. The van der Waals surface area contributed by atoms with Crippen molar-refractivity contribution in [2.24, 2.45) is 0 Å². The Bertz CT molecular complexity index is 1030. The lowest BCUT2D eigenvalue weighted by atomic mass is 9.93. The number of carbonyl (C=O) groups is 3. The summed E-state index contributed by atoms with van der Waals surface area (Å²) < 4.78 is 0.766. The maximum Gasteiger partial charge on any atom is 0.297 e. The first-order chi connectivity index (χ1) is 16.1. The van der Waals surface area contributed by atoms with Crippen LogP contribution in [0.15, 0.2) is 34.3 Å². The molecule has 0 aromatic heterocycles.